The Balaban J connectivity index is 1.06. The Labute approximate surface area is 418 Å². The van der Waals surface area contributed by atoms with E-state index >= 15 is 0 Å². The van der Waals surface area contributed by atoms with Gasteiger partial charge in [0.25, 0.3) is 0 Å². The largest absolute Gasteiger partial charge is 0.310 e. The van der Waals surface area contributed by atoms with Gasteiger partial charge in [-0.05, 0) is 118 Å². The van der Waals surface area contributed by atoms with Gasteiger partial charge in [-0.1, -0.05) is 206 Å². The predicted octanol–water partition coefficient (Wildman–Crippen LogP) is 17.1. The lowest BCUT2D eigenvalue weighted by atomic mass is 9.63. The van der Waals surface area contributed by atoms with E-state index in [0.717, 1.165) is 17.1 Å². The second-order valence-corrected chi connectivity index (χ2v) is 19.7. The molecule has 2 aliphatic rings. The summed E-state index contributed by atoms with van der Waals surface area (Å²) in [6.07, 6.45) is 0. The summed E-state index contributed by atoms with van der Waals surface area (Å²) in [6, 6.07) is 100.0. The molecule has 0 fully saturated rings. The van der Waals surface area contributed by atoms with Crippen LogP contribution in [0, 0.1) is 6.92 Å². The molecule has 0 saturated carbocycles. The lowest BCUT2D eigenvalue weighted by molar-refractivity contribution is 0.726. The van der Waals surface area contributed by atoms with Crippen molar-refractivity contribution >= 4 is 60.7 Å². The first-order chi connectivity index (χ1) is 35.7. The second-order valence-electron chi connectivity index (χ2n) is 19.7. The molecule has 0 unspecified atom stereocenters. The van der Waals surface area contributed by atoms with Crippen LogP contribution in [-0.2, 0) is 10.8 Å². The third kappa shape index (κ3) is 5.40. The van der Waals surface area contributed by atoms with Gasteiger partial charge in [0.2, 0.25) is 0 Å². The van der Waals surface area contributed by atoms with Gasteiger partial charge in [0.05, 0.1) is 44.3 Å². The Morgan fingerprint density at radius 2 is 0.694 bits per heavy atom. The van der Waals surface area contributed by atoms with Crippen LogP contribution >= 0.6 is 0 Å². The van der Waals surface area contributed by atoms with Crippen LogP contribution in [0.1, 0.15) is 50.1 Å². The number of hydrogen-bond donors (Lipinski definition) is 0. The van der Waals surface area contributed by atoms with Crippen LogP contribution in [0.2, 0.25) is 0 Å². The Hall–Kier alpha value is -9.18. The first kappa shape index (κ1) is 40.7. The van der Waals surface area contributed by atoms with Gasteiger partial charge in [-0.2, -0.15) is 0 Å². The molecule has 0 atom stereocenters. The maximum atomic E-state index is 2.54. The van der Waals surface area contributed by atoms with E-state index in [9.17, 15) is 0 Å². The van der Waals surface area contributed by atoms with Gasteiger partial charge in [-0.15, -0.1) is 0 Å². The summed E-state index contributed by atoms with van der Waals surface area (Å²) >= 11 is 0. The number of rotatable bonds is 7. The monoisotopic (exact) mass is 917 g/mol. The minimum atomic E-state index is -0.661. The quantitative estimate of drug-likeness (QED) is 0.155. The first-order valence-corrected chi connectivity index (χ1v) is 25.1. The van der Waals surface area contributed by atoms with Gasteiger partial charge in [0.15, 0.2) is 0 Å². The topological polar surface area (TPSA) is 13.1 Å². The van der Waals surface area contributed by atoms with E-state index in [4.69, 9.17) is 0 Å². The molecule has 3 heteroatoms. The van der Waals surface area contributed by atoms with Gasteiger partial charge < -0.3 is 14.0 Å². The molecule has 338 valence electrons. The molecule has 0 bridgehead atoms. The highest BCUT2D eigenvalue weighted by atomic mass is 15.1. The zero-order chi connectivity index (χ0) is 47.5. The van der Waals surface area contributed by atoms with Crippen LogP contribution in [0.5, 0.6) is 0 Å². The van der Waals surface area contributed by atoms with E-state index in [1.165, 1.54) is 105 Å². The third-order valence-corrected chi connectivity index (χ3v) is 16.1. The molecule has 3 nitrogen and oxygen atoms in total. The highest BCUT2D eigenvalue weighted by Crippen LogP contribution is 2.58. The van der Waals surface area contributed by atoms with Crippen LogP contribution < -0.4 is 4.90 Å². The smallest absolute Gasteiger partial charge is 0.0743 e. The molecule has 2 aromatic heterocycles. The maximum Gasteiger partial charge on any atom is 0.0743 e. The molecule has 72 heavy (non-hydrogen) atoms. The molecule has 2 aliphatic heterocycles. The molecule has 0 N–H and O–H groups in total. The molecule has 0 radical (unpaired) electrons. The summed E-state index contributed by atoms with van der Waals surface area (Å²) in [7, 11) is 0. The van der Waals surface area contributed by atoms with Crippen molar-refractivity contribution in [3.05, 3.63) is 317 Å². The number of anilines is 3. The second kappa shape index (κ2) is 15.4. The molecular formula is C69H47N3. The van der Waals surface area contributed by atoms with Crippen molar-refractivity contribution in [2.75, 3.05) is 4.90 Å². The maximum absolute atomic E-state index is 2.54. The fourth-order valence-electron chi connectivity index (χ4n) is 13.3. The molecule has 15 rings (SSSR count). The molecule has 0 saturated heterocycles. The fourth-order valence-corrected chi connectivity index (χ4v) is 13.3. The fraction of sp³-hybridized carbons (Fsp3) is 0.0435. The summed E-state index contributed by atoms with van der Waals surface area (Å²) in [5.74, 6) is 0. The van der Waals surface area contributed by atoms with Gasteiger partial charge in [-0.25, -0.2) is 0 Å². The Bertz CT molecular complexity index is 4190. The number of nitrogens with zero attached hydrogens (tertiary/aromatic N) is 3. The minimum absolute atomic E-state index is 0.658. The molecular weight excluding hydrogens is 871 g/mol. The van der Waals surface area contributed by atoms with Crippen molar-refractivity contribution < 1.29 is 0 Å². The summed E-state index contributed by atoms with van der Waals surface area (Å²) in [6.45, 7) is 2.20. The Morgan fingerprint density at radius 3 is 1.18 bits per heavy atom. The molecule has 0 aliphatic carbocycles. The average Bonchev–Trinajstić information content (AvgIpc) is 3.97. The van der Waals surface area contributed by atoms with E-state index in [2.05, 4.69) is 288 Å². The Morgan fingerprint density at radius 1 is 0.292 bits per heavy atom. The summed E-state index contributed by atoms with van der Waals surface area (Å²) in [5.41, 5.74) is 20.4. The van der Waals surface area contributed by atoms with Crippen molar-refractivity contribution in [2.45, 2.75) is 17.8 Å². The predicted molar refractivity (Wildman–Crippen MR) is 298 cm³/mol. The number of para-hydroxylation sites is 4. The minimum Gasteiger partial charge on any atom is -0.310 e. The third-order valence-electron chi connectivity index (χ3n) is 16.1. The van der Waals surface area contributed by atoms with Crippen LogP contribution in [0.25, 0.3) is 55.0 Å². The van der Waals surface area contributed by atoms with Crippen LogP contribution in [-0.4, -0.2) is 9.13 Å². The van der Waals surface area contributed by atoms with E-state index < -0.39 is 10.8 Å². The van der Waals surface area contributed by atoms with Gasteiger partial charge in [0.1, 0.15) is 0 Å². The van der Waals surface area contributed by atoms with Crippen molar-refractivity contribution in [1.29, 1.82) is 0 Å². The lowest BCUT2D eigenvalue weighted by Crippen LogP contribution is -2.36. The van der Waals surface area contributed by atoms with Crippen molar-refractivity contribution in [1.82, 2.24) is 9.13 Å². The summed E-state index contributed by atoms with van der Waals surface area (Å²) in [5, 5.41) is 5.06. The summed E-state index contributed by atoms with van der Waals surface area (Å²) < 4.78 is 5.08. The number of aryl methyl sites for hydroxylation is 1. The lowest BCUT2D eigenvalue weighted by Gasteiger charge is -2.43. The zero-order valence-electron chi connectivity index (χ0n) is 39.7. The number of benzene rings is 11. The van der Waals surface area contributed by atoms with Crippen LogP contribution in [0.3, 0.4) is 0 Å². The molecule has 0 spiro atoms. The summed E-state index contributed by atoms with van der Waals surface area (Å²) in [4.78, 5) is 2.49. The van der Waals surface area contributed by atoms with Crippen molar-refractivity contribution in [3.8, 4) is 11.4 Å². The van der Waals surface area contributed by atoms with E-state index in [1.807, 2.05) is 0 Å². The van der Waals surface area contributed by atoms with Crippen molar-refractivity contribution in [3.63, 3.8) is 0 Å². The molecule has 4 heterocycles. The molecule has 11 aromatic carbocycles. The standard InChI is InChI=1S/C69H47N3/c1-46-37-40-63-57(43-46)56-33-20-35-59-67(56)72(63)65-42-39-53(45-61(65)69(59,49-25-11-4-12-26-49)50-27-13-5-14-28-50)70(51-29-15-6-16-30-51)52-38-41-64-60(44-52)68(47-21-7-2-8-22-47,48-23-9-3-10-24-48)58-34-19-32-55-54-31-17-18-36-62(54)71(64)66(55)58/h2-45H,1H3. The van der Waals surface area contributed by atoms with Gasteiger partial charge in [0, 0.05) is 38.6 Å². The average molecular weight is 918 g/mol. The van der Waals surface area contributed by atoms with E-state index in [1.54, 1.807) is 0 Å². The van der Waals surface area contributed by atoms with Crippen LogP contribution in [0.15, 0.2) is 267 Å². The van der Waals surface area contributed by atoms with Crippen LogP contribution in [0.4, 0.5) is 17.1 Å². The molecule has 0 amide bonds. The number of hydrogen-bond acceptors (Lipinski definition) is 1. The normalized spacial score (nSPS) is 13.8. The highest BCUT2D eigenvalue weighted by molar-refractivity contribution is 6.14. The highest BCUT2D eigenvalue weighted by Gasteiger charge is 2.47. The first-order valence-electron chi connectivity index (χ1n) is 25.1. The number of aromatic nitrogens is 2. The number of fused-ring (bicyclic) bond motifs is 10. The van der Waals surface area contributed by atoms with E-state index in [0.29, 0.717) is 0 Å². The molecule has 13 aromatic rings. The van der Waals surface area contributed by atoms with Gasteiger partial charge >= 0.3 is 0 Å². The zero-order valence-corrected chi connectivity index (χ0v) is 39.7. The van der Waals surface area contributed by atoms with E-state index in [-0.39, 0.29) is 0 Å². The van der Waals surface area contributed by atoms with Gasteiger partial charge in [-0.3, -0.25) is 0 Å². The Kier molecular flexibility index (Phi) is 8.71. The van der Waals surface area contributed by atoms with Crippen molar-refractivity contribution in [2.24, 2.45) is 0 Å². The SMILES string of the molecule is Cc1ccc2c(c1)c1cccc3c1n2-c1ccc(N(c2ccccc2)c2ccc4c(c2)C(c2ccccc2)(c2ccccc2)c2cccc5c6ccccc6n-4c25)cc1C3(c1ccccc1)c1ccccc1.